The summed E-state index contributed by atoms with van der Waals surface area (Å²) in [5.74, 6) is -4.25. The van der Waals surface area contributed by atoms with Crippen LogP contribution in [0.2, 0.25) is 0 Å². The third kappa shape index (κ3) is 46.8. The van der Waals surface area contributed by atoms with E-state index in [1.807, 2.05) is 146 Å². The number of nitrogens with zero attached hydrogens (tertiary/aromatic N) is 2. The molecule has 6 amide bonds. The van der Waals surface area contributed by atoms with Gasteiger partial charge in [-0.25, -0.2) is 0 Å². The van der Waals surface area contributed by atoms with E-state index in [1.165, 1.54) is 60.1 Å². The Morgan fingerprint density at radius 1 is 0.290 bits per heavy atom. The SMILES string of the molecule is CC(=O)C[C@@H]1C/C=C\C[C@H](NC(=O)Cc2ccccc2)B(O)O1.CC(=O)C[C@@H]1CCCC[C@H](NC(=O)Cc2ccccc2)B(O)O1.CC(=O)C[C@H]1C/C=C\C[C@H](NC(=O)Cc2ccccc2)B(O)O1.CC(=O)C[C@H]1C=CC[C@H](NC(=O)Cc2ccc[n+](O)c2)B(O)O1.CC(=O)C[C@H]1C=CC[C@H](NC(=O)Cc2cccc[n+]2O)B(O)O1.CC(=O)C[C@H]1CCCC[C@H](NC(=O)Cc2ccccc2)B(O)O1. The number of hydrogen-bond acceptors (Lipinski definition) is 26. The van der Waals surface area contributed by atoms with E-state index in [0.29, 0.717) is 75.5 Å². The lowest BCUT2D eigenvalue weighted by atomic mass is 9.74. The van der Waals surface area contributed by atoms with Crippen LogP contribution in [0.1, 0.15) is 203 Å². The zero-order valence-electron chi connectivity index (χ0n) is 79.4. The van der Waals surface area contributed by atoms with Gasteiger partial charge in [-0.1, -0.05) is 196 Å². The third-order valence-electron chi connectivity index (χ3n) is 22.4. The van der Waals surface area contributed by atoms with Crippen molar-refractivity contribution in [2.75, 3.05) is 0 Å². The van der Waals surface area contributed by atoms with E-state index in [2.05, 4.69) is 31.9 Å². The summed E-state index contributed by atoms with van der Waals surface area (Å²) in [5, 5.41) is 96.6. The highest BCUT2D eigenvalue weighted by Gasteiger charge is 2.39. The number of ketones is 6. The minimum atomic E-state index is -1.20. The molecule has 6 aliphatic rings. The van der Waals surface area contributed by atoms with E-state index in [0.717, 1.165) is 70.2 Å². The number of Topliss-reactive ketones (excluding diaryl/α,β-unsaturated/α-hetero) is 6. The molecule has 4 aromatic carbocycles. The van der Waals surface area contributed by atoms with Crippen molar-refractivity contribution in [1.82, 2.24) is 31.9 Å². The van der Waals surface area contributed by atoms with Crippen LogP contribution < -0.4 is 41.4 Å². The molecule has 6 aliphatic heterocycles. The molecule has 0 bridgehead atoms. The number of carbonyl (C=O) groups is 12. The molecule has 2 aromatic heterocycles. The molecule has 12 atom stereocenters. The van der Waals surface area contributed by atoms with Gasteiger partial charge >= 0.3 is 42.7 Å². The summed E-state index contributed by atoms with van der Waals surface area (Å²) in [5.41, 5.74) is 4.76. The number of pyridine rings is 2. The molecule has 2 saturated heterocycles. The number of amides is 6. The first kappa shape index (κ1) is 113. The lowest BCUT2D eigenvalue weighted by Crippen LogP contribution is -2.50. The number of carbonyl (C=O) groups excluding carboxylic acids is 12. The zero-order valence-corrected chi connectivity index (χ0v) is 79.4. The highest BCUT2D eigenvalue weighted by atomic mass is 16.6. The Morgan fingerprint density at radius 2 is 0.558 bits per heavy atom. The van der Waals surface area contributed by atoms with Gasteiger partial charge in [0.05, 0.1) is 92.2 Å². The van der Waals surface area contributed by atoms with Crippen LogP contribution in [0.5, 0.6) is 0 Å². The molecule has 34 nitrogen and oxygen atoms in total. The number of hydrogen-bond donors (Lipinski definition) is 14. The summed E-state index contributed by atoms with van der Waals surface area (Å²) in [6.07, 6.45) is 28.9. The van der Waals surface area contributed by atoms with Crippen LogP contribution in [0.4, 0.5) is 0 Å². The van der Waals surface area contributed by atoms with E-state index < -0.39 is 90.6 Å². The summed E-state index contributed by atoms with van der Waals surface area (Å²) in [6, 6.07) is 46.1. The van der Waals surface area contributed by atoms with Crippen LogP contribution in [-0.4, -0.2) is 226 Å². The average Bonchev–Trinajstić information content (AvgIpc) is 1.41. The smallest absolute Gasteiger partial charge is 0.426 e. The molecule has 12 rings (SSSR count). The minimum absolute atomic E-state index is 0.0147. The molecule has 2 fully saturated rings. The summed E-state index contributed by atoms with van der Waals surface area (Å²) < 4.78 is 34.8. The molecule has 0 spiro atoms. The fourth-order valence-electron chi connectivity index (χ4n) is 15.7. The minimum Gasteiger partial charge on any atom is -0.426 e. The number of benzene rings is 4. The maximum absolute atomic E-state index is 12.2. The maximum atomic E-state index is 12.2. The van der Waals surface area contributed by atoms with E-state index in [9.17, 15) is 98.1 Å². The van der Waals surface area contributed by atoms with Gasteiger partial charge in [0.1, 0.15) is 41.1 Å². The molecule has 138 heavy (non-hydrogen) atoms. The van der Waals surface area contributed by atoms with Gasteiger partial charge in [0.25, 0.3) is 0 Å². The van der Waals surface area contributed by atoms with Crippen molar-refractivity contribution in [2.45, 2.75) is 281 Å². The van der Waals surface area contributed by atoms with Crippen LogP contribution in [0.25, 0.3) is 0 Å². The first-order valence-electron chi connectivity index (χ1n) is 47.0. The van der Waals surface area contributed by atoms with Crippen LogP contribution in [0.3, 0.4) is 0 Å². The normalized spacial score (nSPS) is 21.9. The van der Waals surface area contributed by atoms with Crippen molar-refractivity contribution in [2.24, 2.45) is 0 Å². The fraction of sp³-hybridized carbons (Fsp3) is 0.449. The van der Waals surface area contributed by atoms with Crippen LogP contribution in [0, 0.1) is 0 Å². The molecule has 14 N–H and O–H groups in total. The Morgan fingerprint density at radius 3 is 0.891 bits per heavy atom. The monoisotopic (exact) mass is 1900 g/mol. The second kappa shape index (κ2) is 62.4. The summed E-state index contributed by atoms with van der Waals surface area (Å²) in [7, 11) is -6.76. The highest BCUT2D eigenvalue weighted by Crippen LogP contribution is 2.24. The van der Waals surface area contributed by atoms with E-state index >= 15 is 0 Å². The first-order chi connectivity index (χ1) is 66.1. The van der Waals surface area contributed by atoms with Gasteiger partial charge in [-0.15, -0.1) is 0 Å². The molecule has 0 aliphatic carbocycles. The first-order valence-corrected chi connectivity index (χ1v) is 47.0. The topological polar surface area (TPSA) is 502 Å². The Bertz CT molecular complexity index is 4750. The van der Waals surface area contributed by atoms with Crippen molar-refractivity contribution >= 4 is 113 Å². The van der Waals surface area contributed by atoms with Gasteiger partial charge in [-0.2, -0.15) is 0 Å². The number of rotatable bonds is 30. The number of aromatic nitrogens is 2. The van der Waals surface area contributed by atoms with Gasteiger partial charge in [-0.05, 0) is 140 Å². The maximum Gasteiger partial charge on any atom is 0.478 e. The fourth-order valence-corrected chi connectivity index (χ4v) is 15.7. The summed E-state index contributed by atoms with van der Waals surface area (Å²) >= 11 is 0. The summed E-state index contributed by atoms with van der Waals surface area (Å²) in [6.45, 7) is 8.95. The predicted octanol–water partition coefficient (Wildman–Crippen LogP) is 5.40. The Balaban J connectivity index is 0.000000225. The van der Waals surface area contributed by atoms with Crippen molar-refractivity contribution in [3.63, 3.8) is 0 Å². The van der Waals surface area contributed by atoms with Crippen molar-refractivity contribution in [3.05, 3.63) is 252 Å². The molecular formula is C98H132B6N8O26+2. The van der Waals surface area contributed by atoms with Gasteiger partial charge in [-0.3, -0.25) is 67.9 Å². The molecule has 0 saturated carbocycles. The molecule has 6 aromatic rings. The average molecular weight is 1900 g/mol. The predicted molar refractivity (Wildman–Crippen MR) is 517 cm³/mol. The standard InChI is InChI=1S/2C17H24BNO4.2C17H22BNO4.2C15H19BN2O5/c4*1-13(20)11-15-9-5-6-10-16(18(22)23-15)19-17(21)12-14-7-3-2-4-8-14;1-11(19)8-13-5-2-6-14(16(21)23-13)17-15(20)9-12-4-3-7-18(22)10-12;1-11(19)9-13-6-4-7-14(16(21)23-13)17-15(20)10-12-5-2-3-8-18(12)22/h2*2-4,7-8,15-16,22H,5-6,9-12H2,1H3,(H,19,21);2*2-8,15-16,22H,9-12H2,1H3,(H,19,21);2-5,7,10,13-14,21H,6,8-9H2,1H3,(H-,17,20,22);2-6,8,13-14,21H,7,9-10H2,1H3,(H-,17,20,22)/p+2/b;;2*6-5-;;/t15-,16+;15-,16-;15-,16+;15-,16-;2*13-,14+/m101011/s1. The zero-order chi connectivity index (χ0) is 100. The molecule has 8 heterocycles. The van der Waals surface area contributed by atoms with E-state index in [-0.39, 0.29) is 159 Å². The van der Waals surface area contributed by atoms with Crippen molar-refractivity contribution < 1.29 is 135 Å². The Kier molecular flexibility index (Phi) is 51.3. The third-order valence-corrected chi connectivity index (χ3v) is 22.4. The van der Waals surface area contributed by atoms with Gasteiger partial charge in [0.2, 0.25) is 59.7 Å². The molecule has 0 unspecified atom stereocenters. The number of nitrogens with one attached hydrogen (secondary N) is 6. The largest absolute Gasteiger partial charge is 0.478 e. The van der Waals surface area contributed by atoms with Crippen molar-refractivity contribution in [1.29, 1.82) is 0 Å². The van der Waals surface area contributed by atoms with E-state index in [4.69, 9.17) is 27.9 Å². The van der Waals surface area contributed by atoms with Crippen LogP contribution >= 0.6 is 0 Å². The Hall–Kier alpha value is -11.5. The molecule has 40 heteroatoms. The molecular weight excluding hydrogens is 1770 g/mol. The Labute approximate surface area is 809 Å². The van der Waals surface area contributed by atoms with Gasteiger partial charge < -0.3 is 90.0 Å². The van der Waals surface area contributed by atoms with Crippen LogP contribution in [-0.2, 0) is 124 Å². The second-order valence-electron chi connectivity index (χ2n) is 35.1. The van der Waals surface area contributed by atoms with E-state index in [1.54, 1.807) is 54.6 Å². The van der Waals surface area contributed by atoms with Gasteiger partial charge in [0, 0.05) is 84.0 Å². The molecule has 0 radical (unpaired) electrons. The molecule has 736 valence electrons. The highest BCUT2D eigenvalue weighted by molar-refractivity contribution is 6.47. The second-order valence-corrected chi connectivity index (χ2v) is 35.1. The van der Waals surface area contributed by atoms with Crippen LogP contribution in [0.15, 0.2) is 219 Å². The van der Waals surface area contributed by atoms with Gasteiger partial charge in [0.15, 0.2) is 0 Å². The summed E-state index contributed by atoms with van der Waals surface area (Å²) in [4.78, 5) is 140. The lowest BCUT2D eigenvalue weighted by molar-refractivity contribution is -0.909. The lowest BCUT2D eigenvalue weighted by Gasteiger charge is -2.28. The quantitative estimate of drug-likeness (QED) is 0.0116. The van der Waals surface area contributed by atoms with Crippen molar-refractivity contribution in [3.8, 4) is 0 Å².